The molecular weight excluding hydrogens is 388 g/mol. The Bertz CT molecular complexity index is 612. The number of nitrogen functional groups attached to an aromatic ring is 1. The SMILES string of the molecule is Nc1cccc(Br)c1OCC(=O)Nc1cccc(Br)c1. The van der Waals surface area contributed by atoms with Gasteiger partial charge in [-0.25, -0.2) is 0 Å². The van der Waals surface area contributed by atoms with Crippen molar-refractivity contribution in [2.75, 3.05) is 17.7 Å². The number of hydrogen-bond acceptors (Lipinski definition) is 3. The Morgan fingerprint density at radius 3 is 2.65 bits per heavy atom. The smallest absolute Gasteiger partial charge is 0.262 e. The Balaban J connectivity index is 1.96. The van der Waals surface area contributed by atoms with Gasteiger partial charge < -0.3 is 15.8 Å². The number of benzene rings is 2. The van der Waals surface area contributed by atoms with Crippen molar-refractivity contribution in [1.29, 1.82) is 0 Å². The van der Waals surface area contributed by atoms with Gasteiger partial charge in [0.05, 0.1) is 10.2 Å². The Morgan fingerprint density at radius 2 is 1.95 bits per heavy atom. The van der Waals surface area contributed by atoms with Crippen LogP contribution in [0, 0.1) is 0 Å². The second kappa shape index (κ2) is 6.76. The average molecular weight is 400 g/mol. The van der Waals surface area contributed by atoms with Crippen molar-refractivity contribution < 1.29 is 9.53 Å². The van der Waals surface area contributed by atoms with E-state index in [1.807, 2.05) is 18.2 Å². The highest BCUT2D eigenvalue weighted by Crippen LogP contribution is 2.30. The number of hydrogen-bond donors (Lipinski definition) is 2. The summed E-state index contributed by atoms with van der Waals surface area (Å²) in [4.78, 5) is 11.8. The molecule has 6 heteroatoms. The zero-order valence-electron chi connectivity index (χ0n) is 10.4. The van der Waals surface area contributed by atoms with Gasteiger partial charge in [-0.1, -0.05) is 28.1 Å². The number of amides is 1. The van der Waals surface area contributed by atoms with Crippen LogP contribution in [-0.2, 0) is 4.79 Å². The van der Waals surface area contributed by atoms with E-state index < -0.39 is 0 Å². The molecule has 4 nitrogen and oxygen atoms in total. The number of anilines is 2. The molecule has 104 valence electrons. The minimum absolute atomic E-state index is 0.112. The highest BCUT2D eigenvalue weighted by molar-refractivity contribution is 9.10. The molecule has 3 N–H and O–H groups in total. The first-order valence-electron chi connectivity index (χ1n) is 5.78. The minimum Gasteiger partial charge on any atom is -0.480 e. The lowest BCUT2D eigenvalue weighted by Crippen LogP contribution is -2.20. The molecule has 0 spiro atoms. The molecular formula is C14H12Br2N2O2. The van der Waals surface area contributed by atoms with E-state index in [4.69, 9.17) is 10.5 Å². The maximum absolute atomic E-state index is 11.8. The number of carbonyl (C=O) groups is 1. The number of para-hydroxylation sites is 1. The predicted molar refractivity (Wildman–Crippen MR) is 86.8 cm³/mol. The van der Waals surface area contributed by atoms with Crippen molar-refractivity contribution in [2.24, 2.45) is 0 Å². The molecule has 0 aromatic heterocycles. The quantitative estimate of drug-likeness (QED) is 0.768. The van der Waals surface area contributed by atoms with Gasteiger partial charge in [0.15, 0.2) is 12.4 Å². The van der Waals surface area contributed by atoms with Crippen LogP contribution in [0.15, 0.2) is 51.4 Å². The Kier molecular flexibility index (Phi) is 5.03. The number of nitrogens with one attached hydrogen (secondary N) is 1. The number of carbonyl (C=O) groups excluding carboxylic acids is 1. The predicted octanol–water partition coefficient (Wildman–Crippen LogP) is 3.81. The summed E-state index contributed by atoms with van der Waals surface area (Å²) >= 11 is 6.67. The fourth-order valence-corrected chi connectivity index (χ4v) is 2.47. The van der Waals surface area contributed by atoms with Crippen LogP contribution >= 0.6 is 31.9 Å². The van der Waals surface area contributed by atoms with Crippen LogP contribution in [-0.4, -0.2) is 12.5 Å². The van der Waals surface area contributed by atoms with Crippen molar-refractivity contribution in [2.45, 2.75) is 0 Å². The van der Waals surface area contributed by atoms with E-state index in [2.05, 4.69) is 37.2 Å². The summed E-state index contributed by atoms with van der Waals surface area (Å²) < 4.78 is 7.05. The van der Waals surface area contributed by atoms with Crippen molar-refractivity contribution in [3.63, 3.8) is 0 Å². The fraction of sp³-hybridized carbons (Fsp3) is 0.0714. The van der Waals surface area contributed by atoms with Crippen molar-refractivity contribution in [1.82, 2.24) is 0 Å². The van der Waals surface area contributed by atoms with E-state index >= 15 is 0 Å². The van der Waals surface area contributed by atoms with Crippen LogP contribution in [0.4, 0.5) is 11.4 Å². The molecule has 0 unspecified atom stereocenters. The second-order valence-corrected chi connectivity index (χ2v) is 5.78. The molecule has 0 heterocycles. The molecule has 2 aromatic carbocycles. The van der Waals surface area contributed by atoms with E-state index in [0.717, 1.165) is 4.47 Å². The van der Waals surface area contributed by atoms with Gasteiger partial charge in [0, 0.05) is 10.2 Å². The third-order valence-electron chi connectivity index (χ3n) is 2.45. The van der Waals surface area contributed by atoms with Gasteiger partial charge in [-0.3, -0.25) is 4.79 Å². The third-order valence-corrected chi connectivity index (χ3v) is 3.57. The highest BCUT2D eigenvalue weighted by Gasteiger charge is 2.09. The normalized spacial score (nSPS) is 10.1. The van der Waals surface area contributed by atoms with Crippen LogP contribution < -0.4 is 15.8 Å². The standard InChI is InChI=1S/C14H12Br2N2O2/c15-9-3-1-4-10(7-9)18-13(19)8-20-14-11(16)5-2-6-12(14)17/h1-7H,8,17H2,(H,18,19). The largest absolute Gasteiger partial charge is 0.480 e. The summed E-state index contributed by atoms with van der Waals surface area (Å²) in [5.41, 5.74) is 6.97. The van der Waals surface area contributed by atoms with E-state index in [1.54, 1.807) is 24.3 Å². The molecule has 0 aliphatic heterocycles. The molecule has 0 aliphatic carbocycles. The van der Waals surface area contributed by atoms with Crippen LogP contribution in [0.3, 0.4) is 0 Å². The van der Waals surface area contributed by atoms with Crippen LogP contribution in [0.5, 0.6) is 5.75 Å². The molecule has 2 rings (SSSR count). The molecule has 0 saturated carbocycles. The molecule has 20 heavy (non-hydrogen) atoms. The van der Waals surface area contributed by atoms with Gasteiger partial charge in [0.2, 0.25) is 0 Å². The molecule has 0 radical (unpaired) electrons. The minimum atomic E-state index is -0.252. The van der Waals surface area contributed by atoms with Gasteiger partial charge in [-0.05, 0) is 46.3 Å². The topological polar surface area (TPSA) is 64.3 Å². The highest BCUT2D eigenvalue weighted by atomic mass is 79.9. The summed E-state index contributed by atoms with van der Waals surface area (Å²) in [6.07, 6.45) is 0. The van der Waals surface area contributed by atoms with Gasteiger partial charge in [-0.2, -0.15) is 0 Å². The number of nitrogens with two attached hydrogens (primary N) is 1. The fourth-order valence-electron chi connectivity index (χ4n) is 1.58. The summed E-state index contributed by atoms with van der Waals surface area (Å²) in [5.74, 6) is 0.218. The monoisotopic (exact) mass is 398 g/mol. The summed E-state index contributed by atoms with van der Waals surface area (Å²) in [7, 11) is 0. The first kappa shape index (κ1) is 14.9. The van der Waals surface area contributed by atoms with Crippen molar-refractivity contribution >= 4 is 49.1 Å². The zero-order chi connectivity index (χ0) is 14.5. The summed E-state index contributed by atoms with van der Waals surface area (Å²) in [5, 5.41) is 2.74. The molecule has 0 atom stereocenters. The lowest BCUT2D eigenvalue weighted by Gasteiger charge is -2.11. The van der Waals surface area contributed by atoms with Gasteiger partial charge in [0.1, 0.15) is 0 Å². The lowest BCUT2D eigenvalue weighted by molar-refractivity contribution is -0.118. The second-order valence-electron chi connectivity index (χ2n) is 4.01. The van der Waals surface area contributed by atoms with Gasteiger partial charge in [-0.15, -0.1) is 0 Å². The third kappa shape index (κ3) is 3.98. The van der Waals surface area contributed by atoms with E-state index in [1.165, 1.54) is 0 Å². The van der Waals surface area contributed by atoms with Crippen molar-refractivity contribution in [3.8, 4) is 5.75 Å². The van der Waals surface area contributed by atoms with Crippen LogP contribution in [0.1, 0.15) is 0 Å². The average Bonchev–Trinajstić information content (AvgIpc) is 2.38. The molecule has 0 fully saturated rings. The van der Waals surface area contributed by atoms with Crippen LogP contribution in [0.2, 0.25) is 0 Å². The first-order chi connectivity index (χ1) is 9.56. The first-order valence-corrected chi connectivity index (χ1v) is 7.37. The molecule has 1 amide bonds. The van der Waals surface area contributed by atoms with E-state index in [9.17, 15) is 4.79 Å². The van der Waals surface area contributed by atoms with Gasteiger partial charge >= 0.3 is 0 Å². The summed E-state index contributed by atoms with van der Waals surface area (Å²) in [6.45, 7) is -0.112. The maximum Gasteiger partial charge on any atom is 0.262 e. The molecule has 0 bridgehead atoms. The number of ether oxygens (including phenoxy) is 1. The number of rotatable bonds is 4. The zero-order valence-corrected chi connectivity index (χ0v) is 13.6. The molecule has 2 aromatic rings. The molecule has 0 saturated heterocycles. The van der Waals surface area contributed by atoms with E-state index in [0.29, 0.717) is 21.6 Å². The Morgan fingerprint density at radius 1 is 1.20 bits per heavy atom. The van der Waals surface area contributed by atoms with Gasteiger partial charge in [0.25, 0.3) is 5.91 Å². The lowest BCUT2D eigenvalue weighted by atomic mass is 10.3. The van der Waals surface area contributed by atoms with Crippen LogP contribution in [0.25, 0.3) is 0 Å². The van der Waals surface area contributed by atoms with E-state index in [-0.39, 0.29) is 12.5 Å². The Hall–Kier alpha value is -1.53. The van der Waals surface area contributed by atoms with Crippen molar-refractivity contribution in [3.05, 3.63) is 51.4 Å². The Labute approximate surface area is 133 Å². The molecule has 0 aliphatic rings. The number of halogens is 2. The maximum atomic E-state index is 11.8. The summed E-state index contributed by atoms with van der Waals surface area (Å²) in [6, 6.07) is 12.7.